The molecule has 2 N–H and O–H groups in total. The number of nitrogens with one attached hydrogen (secondary N) is 2. The number of amides is 2. The van der Waals surface area contributed by atoms with Crippen LogP contribution < -0.4 is 10.6 Å². The smallest absolute Gasteiger partial charge is 0.268 e. The van der Waals surface area contributed by atoms with Gasteiger partial charge in [0.15, 0.2) is 0 Å². The van der Waals surface area contributed by atoms with Crippen LogP contribution in [-0.2, 0) is 11.3 Å². The van der Waals surface area contributed by atoms with E-state index >= 15 is 0 Å². The second-order valence-electron chi connectivity index (χ2n) is 11.3. The van der Waals surface area contributed by atoms with Crippen molar-refractivity contribution in [2.45, 2.75) is 90.3 Å². The zero-order valence-electron chi connectivity index (χ0n) is 22.5. The molecule has 0 spiro atoms. The molecule has 0 bridgehead atoms. The van der Waals surface area contributed by atoms with Crippen molar-refractivity contribution in [2.24, 2.45) is 11.8 Å². The Kier molecular flexibility index (Phi) is 9.62. The van der Waals surface area contributed by atoms with Crippen LogP contribution in [0.5, 0.6) is 0 Å². The molecule has 1 aromatic heterocycles. The number of likely N-dealkylation sites (tertiary alicyclic amines) is 1. The first-order valence-corrected chi connectivity index (χ1v) is 14.3. The third-order valence-corrected chi connectivity index (χ3v) is 7.95. The highest BCUT2D eigenvalue weighted by atomic mass is 16.2. The molecule has 2 heterocycles. The van der Waals surface area contributed by atoms with E-state index in [1.807, 2.05) is 32.0 Å². The van der Waals surface area contributed by atoms with E-state index in [-0.39, 0.29) is 23.8 Å². The van der Waals surface area contributed by atoms with E-state index < -0.39 is 6.04 Å². The van der Waals surface area contributed by atoms with Crippen molar-refractivity contribution in [3.8, 4) is 6.07 Å². The Labute approximate surface area is 221 Å². The molecule has 4 rings (SSSR count). The fourth-order valence-corrected chi connectivity index (χ4v) is 6.03. The zero-order chi connectivity index (χ0) is 26.2. The predicted octanol–water partition coefficient (Wildman–Crippen LogP) is 4.86. The molecular weight excluding hydrogens is 462 g/mol. The summed E-state index contributed by atoms with van der Waals surface area (Å²) in [6, 6.07) is 11.7. The van der Waals surface area contributed by atoms with Crippen LogP contribution in [-0.4, -0.2) is 53.0 Å². The minimum absolute atomic E-state index is 0.112. The Morgan fingerprint density at radius 3 is 2.57 bits per heavy atom. The van der Waals surface area contributed by atoms with Gasteiger partial charge in [0.2, 0.25) is 5.91 Å². The van der Waals surface area contributed by atoms with Crippen molar-refractivity contribution in [1.29, 1.82) is 5.26 Å². The highest BCUT2D eigenvalue weighted by molar-refractivity contribution is 5.99. The number of para-hydroxylation sites is 1. The first-order chi connectivity index (χ1) is 18.0. The number of aromatic nitrogens is 1. The molecule has 0 radical (unpaired) electrons. The number of hydrogen-bond donors (Lipinski definition) is 2. The molecule has 2 aliphatic rings. The largest absolute Gasteiger partial charge is 0.347 e. The van der Waals surface area contributed by atoms with Crippen LogP contribution in [0.25, 0.3) is 10.9 Å². The number of benzene rings is 1. The van der Waals surface area contributed by atoms with Gasteiger partial charge in [-0.1, -0.05) is 51.3 Å². The van der Waals surface area contributed by atoms with Gasteiger partial charge in [-0.05, 0) is 76.2 Å². The fourth-order valence-electron chi connectivity index (χ4n) is 6.03. The van der Waals surface area contributed by atoms with Gasteiger partial charge in [0.1, 0.15) is 11.7 Å². The van der Waals surface area contributed by atoms with Crippen LogP contribution in [0.3, 0.4) is 0 Å². The highest BCUT2D eigenvalue weighted by Crippen LogP contribution is 2.27. The van der Waals surface area contributed by atoms with Crippen molar-refractivity contribution >= 4 is 22.7 Å². The van der Waals surface area contributed by atoms with Gasteiger partial charge in [-0.25, -0.2) is 0 Å². The number of fused-ring (bicyclic) bond motifs is 1. The van der Waals surface area contributed by atoms with Crippen molar-refractivity contribution in [1.82, 2.24) is 20.1 Å². The topological polar surface area (TPSA) is 90.2 Å². The summed E-state index contributed by atoms with van der Waals surface area (Å²) in [5.41, 5.74) is 1.74. The van der Waals surface area contributed by atoms with Gasteiger partial charge in [0, 0.05) is 23.5 Å². The molecule has 2 amide bonds. The number of rotatable bonds is 10. The molecule has 3 atom stereocenters. The first kappa shape index (κ1) is 27.2. The second-order valence-corrected chi connectivity index (χ2v) is 11.3. The van der Waals surface area contributed by atoms with E-state index in [1.165, 1.54) is 32.4 Å². The van der Waals surface area contributed by atoms with Gasteiger partial charge in [-0.3, -0.25) is 9.59 Å². The molecule has 200 valence electrons. The molecule has 37 heavy (non-hydrogen) atoms. The Bertz CT molecular complexity index is 1100. The lowest BCUT2D eigenvalue weighted by Gasteiger charge is -2.32. The van der Waals surface area contributed by atoms with Gasteiger partial charge in [0.25, 0.3) is 5.91 Å². The lowest BCUT2D eigenvalue weighted by molar-refractivity contribution is -0.127. The lowest BCUT2D eigenvalue weighted by Crippen LogP contribution is -2.50. The maximum absolute atomic E-state index is 13.6. The molecule has 2 aromatic rings. The van der Waals surface area contributed by atoms with E-state index in [2.05, 4.69) is 38.3 Å². The second kappa shape index (κ2) is 13.1. The summed E-state index contributed by atoms with van der Waals surface area (Å²) in [4.78, 5) is 29.3. The SMILES string of the molecule is CC(C)C[C@@H](C#N)NC(=O)[C@@H]1CCCC[C@@H]1NC(=O)c1cc2ccccc2n1CCCN1CCCCC1. The monoisotopic (exact) mass is 505 g/mol. The average Bonchev–Trinajstić information content (AvgIpc) is 3.27. The quantitative estimate of drug-likeness (QED) is 0.483. The van der Waals surface area contributed by atoms with E-state index in [0.29, 0.717) is 18.0 Å². The van der Waals surface area contributed by atoms with E-state index in [9.17, 15) is 14.9 Å². The minimum atomic E-state index is -0.492. The Hall–Kier alpha value is -2.85. The number of nitriles is 1. The molecular formula is C30H43N5O2. The van der Waals surface area contributed by atoms with Crippen molar-refractivity contribution in [2.75, 3.05) is 19.6 Å². The summed E-state index contributed by atoms with van der Waals surface area (Å²) in [5, 5.41) is 16.7. The Morgan fingerprint density at radius 1 is 1.05 bits per heavy atom. The van der Waals surface area contributed by atoms with Crippen molar-refractivity contribution < 1.29 is 9.59 Å². The van der Waals surface area contributed by atoms with Crippen LogP contribution >= 0.6 is 0 Å². The standard InChI is InChI=1S/C30H43N5O2/c1-22(2)19-24(21-31)32-29(36)25-12-5-6-13-26(25)33-30(37)28-20-23-11-4-7-14-27(23)35(28)18-10-17-34-15-8-3-9-16-34/h4,7,11,14,20,22,24-26H,3,5-6,8-10,12-13,15-19H2,1-2H3,(H,32,36)(H,33,37)/t24-,25+,26-/m0/s1. The minimum Gasteiger partial charge on any atom is -0.347 e. The number of carbonyl (C=O) groups excluding carboxylic acids is 2. The van der Waals surface area contributed by atoms with Crippen LogP contribution in [0.2, 0.25) is 0 Å². The molecule has 2 fully saturated rings. The number of nitrogens with zero attached hydrogens (tertiary/aromatic N) is 3. The Balaban J connectivity index is 1.46. The van der Waals surface area contributed by atoms with Crippen molar-refractivity contribution in [3.05, 3.63) is 36.0 Å². The van der Waals surface area contributed by atoms with Gasteiger partial charge in [0.05, 0.1) is 12.0 Å². The normalized spacial score (nSPS) is 21.5. The summed E-state index contributed by atoms with van der Waals surface area (Å²) in [6.45, 7) is 8.29. The van der Waals surface area contributed by atoms with Crippen LogP contribution in [0.4, 0.5) is 0 Å². The molecule has 1 aliphatic carbocycles. The van der Waals surface area contributed by atoms with Crippen LogP contribution in [0, 0.1) is 23.2 Å². The maximum Gasteiger partial charge on any atom is 0.268 e. The summed E-state index contributed by atoms with van der Waals surface area (Å²) in [7, 11) is 0. The number of piperidine rings is 1. The highest BCUT2D eigenvalue weighted by Gasteiger charge is 2.34. The van der Waals surface area contributed by atoms with E-state index in [0.717, 1.165) is 56.1 Å². The average molecular weight is 506 g/mol. The lowest BCUT2D eigenvalue weighted by atomic mass is 9.83. The maximum atomic E-state index is 13.6. The summed E-state index contributed by atoms with van der Waals surface area (Å²) in [6.07, 6.45) is 8.98. The fraction of sp³-hybridized carbons (Fsp3) is 0.633. The van der Waals surface area contributed by atoms with Gasteiger partial charge in [-0.15, -0.1) is 0 Å². The number of aryl methyl sites for hydroxylation is 1. The van der Waals surface area contributed by atoms with Crippen LogP contribution in [0.1, 0.15) is 82.1 Å². The molecule has 1 aromatic carbocycles. The van der Waals surface area contributed by atoms with Crippen molar-refractivity contribution in [3.63, 3.8) is 0 Å². The summed E-state index contributed by atoms with van der Waals surface area (Å²) < 4.78 is 2.15. The zero-order valence-corrected chi connectivity index (χ0v) is 22.5. The van der Waals surface area contributed by atoms with Gasteiger partial charge < -0.3 is 20.1 Å². The number of carbonyl (C=O) groups is 2. The van der Waals surface area contributed by atoms with E-state index in [1.54, 1.807) is 0 Å². The Morgan fingerprint density at radius 2 is 1.81 bits per heavy atom. The molecule has 7 heteroatoms. The van der Waals surface area contributed by atoms with E-state index in [4.69, 9.17) is 0 Å². The molecule has 7 nitrogen and oxygen atoms in total. The number of hydrogen-bond acceptors (Lipinski definition) is 4. The van der Waals surface area contributed by atoms with Crippen LogP contribution in [0.15, 0.2) is 30.3 Å². The molecule has 1 saturated heterocycles. The third kappa shape index (κ3) is 7.13. The molecule has 1 saturated carbocycles. The molecule has 1 aliphatic heterocycles. The first-order valence-electron chi connectivity index (χ1n) is 14.3. The van der Waals surface area contributed by atoms with Gasteiger partial charge >= 0.3 is 0 Å². The van der Waals surface area contributed by atoms with Gasteiger partial charge in [-0.2, -0.15) is 5.26 Å². The predicted molar refractivity (Wildman–Crippen MR) is 147 cm³/mol. The summed E-state index contributed by atoms with van der Waals surface area (Å²) in [5.74, 6) is -0.210. The third-order valence-electron chi connectivity index (χ3n) is 7.95. The molecule has 0 unspecified atom stereocenters. The summed E-state index contributed by atoms with van der Waals surface area (Å²) >= 11 is 0.